The molecule has 0 radical (unpaired) electrons. The summed E-state index contributed by atoms with van der Waals surface area (Å²) in [4.78, 5) is 12.0. The summed E-state index contributed by atoms with van der Waals surface area (Å²) < 4.78 is 0.389. The zero-order valence-corrected chi connectivity index (χ0v) is 10.4. The Morgan fingerprint density at radius 2 is 1.88 bits per heavy atom. The van der Waals surface area contributed by atoms with Crippen LogP contribution in [-0.4, -0.2) is 41.1 Å². The fourth-order valence-electron chi connectivity index (χ4n) is 1.28. The third-order valence-electron chi connectivity index (χ3n) is 2.87. The highest BCUT2D eigenvalue weighted by Gasteiger charge is 2.22. The summed E-state index contributed by atoms with van der Waals surface area (Å²) in [7, 11) is 3.78. The lowest BCUT2D eigenvalue weighted by molar-refractivity contribution is -0.843. The molecule has 1 aromatic rings. The summed E-state index contributed by atoms with van der Waals surface area (Å²) in [5.74, 6) is -0.611. The summed E-state index contributed by atoms with van der Waals surface area (Å²) in [6.07, 6.45) is 0. The molecule has 0 saturated heterocycles. The van der Waals surface area contributed by atoms with Gasteiger partial charge in [0.25, 0.3) is 0 Å². The van der Waals surface area contributed by atoms with Crippen molar-refractivity contribution in [3.05, 3.63) is 36.0 Å². The van der Waals surface area contributed by atoms with E-state index in [1.165, 1.54) is 18.2 Å². The Labute approximate surface area is 101 Å². The number of Topliss-reactive ketones (excluding diaryl/α,β-unsaturated/α-hetero) is 1. The van der Waals surface area contributed by atoms with E-state index in [4.69, 9.17) is 5.11 Å². The van der Waals surface area contributed by atoms with Gasteiger partial charge in [-0.1, -0.05) is 0 Å². The Balaban J connectivity index is 2.91. The number of nitrogens with zero attached hydrogens (tertiary/aromatic N) is 1. The molecule has 1 aromatic carbocycles. The summed E-state index contributed by atoms with van der Waals surface area (Å²) >= 11 is 0. The van der Waals surface area contributed by atoms with Crippen molar-refractivity contribution < 1.29 is 19.5 Å². The molecule has 0 aromatic heterocycles. The van der Waals surface area contributed by atoms with E-state index in [1.54, 1.807) is 0 Å². The predicted octanol–water partition coefficient (Wildman–Crippen LogP) is 1.89. The second-order valence-electron chi connectivity index (χ2n) is 4.71. The van der Waals surface area contributed by atoms with E-state index in [2.05, 4.69) is 6.58 Å². The number of ketones is 1. The molecule has 0 atom stereocenters. The lowest BCUT2D eigenvalue weighted by atomic mass is 10.1. The fourth-order valence-corrected chi connectivity index (χ4v) is 1.28. The number of quaternary nitrogens is 1. The van der Waals surface area contributed by atoms with Crippen LogP contribution in [0.1, 0.15) is 17.3 Å². The fraction of sp³-hybridized carbons (Fsp3) is 0.308. The van der Waals surface area contributed by atoms with Gasteiger partial charge in [-0.15, -0.1) is 0 Å². The van der Waals surface area contributed by atoms with Crippen LogP contribution in [0.3, 0.4) is 0 Å². The zero-order valence-electron chi connectivity index (χ0n) is 10.4. The molecule has 0 aliphatic carbocycles. The Morgan fingerprint density at radius 1 is 1.29 bits per heavy atom. The lowest BCUT2D eigenvalue weighted by Crippen LogP contribution is -2.41. The van der Waals surface area contributed by atoms with E-state index in [0.29, 0.717) is 10.0 Å². The summed E-state index contributed by atoms with van der Waals surface area (Å²) in [6.45, 7) is 5.96. The lowest BCUT2D eigenvalue weighted by Gasteiger charge is -2.28. The van der Waals surface area contributed by atoms with Crippen molar-refractivity contribution in [2.24, 2.45) is 0 Å². The minimum absolute atomic E-state index is 0.103. The molecule has 0 aliphatic rings. The summed E-state index contributed by atoms with van der Waals surface area (Å²) in [5.41, 5.74) is 1.26. The predicted molar refractivity (Wildman–Crippen MR) is 65.9 cm³/mol. The van der Waals surface area contributed by atoms with Crippen molar-refractivity contribution in [3.63, 3.8) is 0 Å². The Bertz CT molecular complexity index is 464. The van der Waals surface area contributed by atoms with Crippen LogP contribution in [0.4, 0.5) is 0 Å². The van der Waals surface area contributed by atoms with Gasteiger partial charge in [0, 0.05) is 12.5 Å². The van der Waals surface area contributed by atoms with Crippen LogP contribution in [0.15, 0.2) is 30.5 Å². The molecule has 4 nitrogen and oxygen atoms in total. The molecule has 0 bridgehead atoms. The number of likely N-dealkylation sites (N-methyl/N-ethyl adjacent to an activating group) is 1. The van der Waals surface area contributed by atoms with Crippen LogP contribution in [0, 0.1) is 0 Å². The van der Waals surface area contributed by atoms with Gasteiger partial charge < -0.3 is 10.2 Å². The number of phenols is 2. The van der Waals surface area contributed by atoms with Crippen LogP contribution >= 0.6 is 0 Å². The van der Waals surface area contributed by atoms with Gasteiger partial charge in [0.2, 0.25) is 5.78 Å². The second kappa shape index (κ2) is 4.59. The maximum atomic E-state index is 12.0. The van der Waals surface area contributed by atoms with Crippen molar-refractivity contribution in [2.45, 2.75) is 6.92 Å². The minimum Gasteiger partial charge on any atom is -0.504 e. The third-order valence-corrected chi connectivity index (χ3v) is 2.87. The molecular weight excluding hydrogens is 218 g/mol. The monoisotopic (exact) mass is 236 g/mol. The highest BCUT2D eigenvalue weighted by atomic mass is 16.3. The minimum atomic E-state index is -0.281. The van der Waals surface area contributed by atoms with Gasteiger partial charge >= 0.3 is 0 Å². The molecule has 4 heteroatoms. The topological polar surface area (TPSA) is 57.5 Å². The molecular formula is C13H18NO3+. The zero-order chi connectivity index (χ0) is 13.2. The normalized spacial score (nSPS) is 11.2. The van der Waals surface area contributed by atoms with Crippen molar-refractivity contribution in [2.75, 3.05) is 20.6 Å². The maximum absolute atomic E-state index is 12.0. The summed E-state index contributed by atoms with van der Waals surface area (Å²) in [5, 5.41) is 18.5. The average molecular weight is 236 g/mol. The largest absolute Gasteiger partial charge is 0.504 e. The van der Waals surface area contributed by atoms with E-state index < -0.39 is 0 Å². The molecule has 1 rings (SSSR count). The van der Waals surface area contributed by atoms with Crippen molar-refractivity contribution >= 4 is 5.78 Å². The maximum Gasteiger partial charge on any atom is 0.217 e. The highest BCUT2D eigenvalue weighted by molar-refractivity contribution is 5.97. The second-order valence-corrected chi connectivity index (χ2v) is 4.71. The first-order chi connectivity index (χ1) is 7.74. The van der Waals surface area contributed by atoms with Gasteiger partial charge in [-0.25, -0.2) is 0 Å². The molecule has 0 amide bonds. The van der Waals surface area contributed by atoms with E-state index in [9.17, 15) is 9.90 Å². The molecule has 0 unspecified atom stereocenters. The van der Waals surface area contributed by atoms with Crippen molar-refractivity contribution in [1.29, 1.82) is 0 Å². The smallest absolute Gasteiger partial charge is 0.217 e. The van der Waals surface area contributed by atoms with Crippen molar-refractivity contribution in [3.8, 4) is 11.5 Å². The highest BCUT2D eigenvalue weighted by Crippen LogP contribution is 2.25. The Kier molecular flexibility index (Phi) is 3.58. The SMILES string of the molecule is C=C(C)[N+](C)(C)CC(=O)c1ccc(O)c(O)c1. The molecule has 2 N–H and O–H groups in total. The van der Waals surface area contributed by atoms with Crippen LogP contribution in [-0.2, 0) is 0 Å². The number of rotatable bonds is 4. The number of hydrogen-bond donors (Lipinski definition) is 2. The molecule has 17 heavy (non-hydrogen) atoms. The number of benzene rings is 1. The van der Waals surface area contributed by atoms with Gasteiger partial charge in [-0.2, -0.15) is 0 Å². The van der Waals surface area contributed by atoms with Crippen LogP contribution in [0.25, 0.3) is 0 Å². The Hall–Kier alpha value is -1.81. The number of phenolic OH excluding ortho intramolecular Hbond substituents is 2. The van der Waals surface area contributed by atoms with Crippen LogP contribution in [0.5, 0.6) is 11.5 Å². The molecule has 0 spiro atoms. The number of aromatic hydroxyl groups is 2. The van der Waals surface area contributed by atoms with Crippen molar-refractivity contribution in [1.82, 2.24) is 0 Å². The standard InChI is InChI=1S/C13H17NO3/c1-9(2)14(3,4)8-13(17)10-5-6-11(15)12(16)7-10/h5-7H,1,8H2,2-4H3,(H-,15,16,17)/p+1. The van der Waals surface area contributed by atoms with Gasteiger partial charge in [0.05, 0.1) is 19.8 Å². The average Bonchev–Trinajstić information content (AvgIpc) is 2.21. The molecule has 0 aliphatic heterocycles. The van der Waals surface area contributed by atoms with E-state index in [1.807, 2.05) is 21.0 Å². The molecule has 0 heterocycles. The third kappa shape index (κ3) is 3.07. The molecule has 0 fully saturated rings. The Morgan fingerprint density at radius 3 is 2.35 bits per heavy atom. The molecule has 92 valence electrons. The van der Waals surface area contributed by atoms with E-state index in [-0.39, 0.29) is 23.8 Å². The van der Waals surface area contributed by atoms with Crippen LogP contribution in [0.2, 0.25) is 0 Å². The van der Waals surface area contributed by atoms with Gasteiger partial charge in [0.1, 0.15) is 6.54 Å². The van der Waals surface area contributed by atoms with Gasteiger partial charge in [-0.05, 0) is 24.8 Å². The summed E-state index contributed by atoms with van der Waals surface area (Å²) in [6, 6.07) is 4.08. The number of carbonyl (C=O) groups excluding carboxylic acids is 1. The first-order valence-electron chi connectivity index (χ1n) is 5.28. The number of allylic oxidation sites excluding steroid dienone is 1. The first kappa shape index (κ1) is 13.3. The quantitative estimate of drug-likeness (QED) is 0.477. The van der Waals surface area contributed by atoms with Gasteiger partial charge in [0.15, 0.2) is 11.5 Å². The number of carbonyl (C=O) groups is 1. The van der Waals surface area contributed by atoms with E-state index >= 15 is 0 Å². The van der Waals surface area contributed by atoms with E-state index in [0.717, 1.165) is 5.70 Å². The van der Waals surface area contributed by atoms with Crippen LogP contribution < -0.4 is 0 Å². The first-order valence-corrected chi connectivity index (χ1v) is 5.28. The van der Waals surface area contributed by atoms with Gasteiger partial charge in [-0.3, -0.25) is 9.28 Å². The molecule has 0 saturated carbocycles. The number of hydrogen-bond acceptors (Lipinski definition) is 3.